The van der Waals surface area contributed by atoms with E-state index in [1.54, 1.807) is 30.3 Å². The zero-order valence-electron chi connectivity index (χ0n) is 18.4. The SMILES string of the molecule is CCOc1ccc(Nc2ncccc2C(=O)OCC(=O)NCc2ccc(S(N)(=O)=O)cc2)cc1. The molecule has 0 bridgehead atoms. The standard InChI is InChI=1S/C23H24N4O6S/c1-2-32-18-9-7-17(8-10-18)27-22-20(4-3-13-25-22)23(29)33-15-21(28)26-14-16-5-11-19(12-6-16)34(24,30)31/h3-13H,2,14-15H2,1H3,(H,25,27)(H,26,28)(H2,24,30,31). The van der Waals surface area contributed by atoms with Gasteiger partial charge in [0.25, 0.3) is 5.91 Å². The number of hydrogen-bond donors (Lipinski definition) is 3. The van der Waals surface area contributed by atoms with Crippen LogP contribution in [-0.2, 0) is 26.1 Å². The highest BCUT2D eigenvalue weighted by Crippen LogP contribution is 2.22. The van der Waals surface area contributed by atoms with E-state index in [0.29, 0.717) is 17.9 Å². The lowest BCUT2D eigenvalue weighted by atomic mass is 10.2. The molecule has 0 atom stereocenters. The van der Waals surface area contributed by atoms with Crippen molar-refractivity contribution in [3.05, 3.63) is 78.0 Å². The average molecular weight is 485 g/mol. The van der Waals surface area contributed by atoms with Gasteiger partial charge in [-0.05, 0) is 61.0 Å². The third kappa shape index (κ3) is 7.02. The van der Waals surface area contributed by atoms with Crippen LogP contribution in [0.25, 0.3) is 0 Å². The molecule has 0 aliphatic heterocycles. The van der Waals surface area contributed by atoms with Gasteiger partial charge in [-0.25, -0.2) is 23.3 Å². The zero-order chi connectivity index (χ0) is 24.6. The normalized spacial score (nSPS) is 10.9. The molecule has 1 heterocycles. The largest absolute Gasteiger partial charge is 0.494 e. The van der Waals surface area contributed by atoms with Crippen molar-refractivity contribution < 1.29 is 27.5 Å². The van der Waals surface area contributed by atoms with E-state index >= 15 is 0 Å². The number of nitrogens with two attached hydrogens (primary N) is 1. The minimum atomic E-state index is -3.78. The highest BCUT2D eigenvalue weighted by Gasteiger charge is 2.16. The van der Waals surface area contributed by atoms with Gasteiger partial charge in [0, 0.05) is 18.4 Å². The van der Waals surface area contributed by atoms with Gasteiger partial charge in [-0.15, -0.1) is 0 Å². The van der Waals surface area contributed by atoms with E-state index in [-0.39, 0.29) is 22.8 Å². The van der Waals surface area contributed by atoms with Crippen molar-refractivity contribution >= 4 is 33.4 Å². The molecule has 0 unspecified atom stereocenters. The fourth-order valence-electron chi connectivity index (χ4n) is 2.87. The number of pyridine rings is 1. The second kappa shape index (κ2) is 11.3. The molecular weight excluding hydrogens is 460 g/mol. The Kier molecular flexibility index (Phi) is 8.17. The molecule has 0 radical (unpaired) electrons. The topological polar surface area (TPSA) is 150 Å². The summed E-state index contributed by atoms with van der Waals surface area (Å²) in [6.45, 7) is 2.08. The molecule has 11 heteroatoms. The molecule has 10 nitrogen and oxygen atoms in total. The fourth-order valence-corrected chi connectivity index (χ4v) is 3.38. The second-order valence-corrected chi connectivity index (χ2v) is 8.59. The number of ether oxygens (including phenoxy) is 2. The molecule has 3 aromatic rings. The van der Waals surface area contributed by atoms with Gasteiger partial charge in [-0.3, -0.25) is 4.79 Å². The van der Waals surface area contributed by atoms with Gasteiger partial charge >= 0.3 is 5.97 Å². The number of hydrogen-bond acceptors (Lipinski definition) is 8. The van der Waals surface area contributed by atoms with Crippen LogP contribution in [0.5, 0.6) is 5.75 Å². The van der Waals surface area contributed by atoms with Crippen molar-refractivity contribution in [1.29, 1.82) is 0 Å². The molecule has 3 rings (SSSR count). The Hall–Kier alpha value is -3.96. The Bertz CT molecular complexity index is 1250. The first-order chi connectivity index (χ1) is 16.3. The van der Waals surface area contributed by atoms with E-state index in [1.165, 1.54) is 36.5 Å². The lowest BCUT2D eigenvalue weighted by Gasteiger charge is -2.11. The van der Waals surface area contributed by atoms with Gasteiger partial charge < -0.3 is 20.1 Å². The number of benzene rings is 2. The Morgan fingerprint density at radius 1 is 1.03 bits per heavy atom. The summed E-state index contributed by atoms with van der Waals surface area (Å²) in [6.07, 6.45) is 1.53. The van der Waals surface area contributed by atoms with Gasteiger partial charge in [-0.2, -0.15) is 0 Å². The summed E-state index contributed by atoms with van der Waals surface area (Å²) in [4.78, 5) is 28.8. The van der Waals surface area contributed by atoms with E-state index in [0.717, 1.165) is 5.75 Å². The molecule has 178 valence electrons. The van der Waals surface area contributed by atoms with Crippen LogP contribution in [0.15, 0.2) is 71.8 Å². The minimum Gasteiger partial charge on any atom is -0.494 e. The number of rotatable bonds is 10. The lowest BCUT2D eigenvalue weighted by molar-refractivity contribution is -0.124. The Morgan fingerprint density at radius 2 is 1.74 bits per heavy atom. The number of anilines is 2. The quantitative estimate of drug-likeness (QED) is 0.371. The summed E-state index contributed by atoms with van der Waals surface area (Å²) < 4.78 is 33.1. The van der Waals surface area contributed by atoms with Crippen molar-refractivity contribution in [3.63, 3.8) is 0 Å². The van der Waals surface area contributed by atoms with E-state index in [1.807, 2.05) is 6.92 Å². The molecule has 0 saturated heterocycles. The molecule has 0 aliphatic carbocycles. The number of carbonyl (C=O) groups excluding carboxylic acids is 2. The first-order valence-corrected chi connectivity index (χ1v) is 11.8. The van der Waals surface area contributed by atoms with Crippen LogP contribution in [0.1, 0.15) is 22.8 Å². The van der Waals surface area contributed by atoms with Crippen molar-refractivity contribution in [2.75, 3.05) is 18.5 Å². The molecule has 4 N–H and O–H groups in total. The monoisotopic (exact) mass is 484 g/mol. The predicted molar refractivity (Wildman–Crippen MR) is 125 cm³/mol. The first-order valence-electron chi connectivity index (χ1n) is 10.3. The molecule has 0 saturated carbocycles. The number of esters is 1. The van der Waals surface area contributed by atoms with Crippen LogP contribution >= 0.6 is 0 Å². The van der Waals surface area contributed by atoms with E-state index in [4.69, 9.17) is 14.6 Å². The van der Waals surface area contributed by atoms with Crippen molar-refractivity contribution in [3.8, 4) is 5.75 Å². The number of primary sulfonamides is 1. The molecule has 0 aliphatic rings. The van der Waals surface area contributed by atoms with Gasteiger partial charge in [0.2, 0.25) is 10.0 Å². The van der Waals surface area contributed by atoms with Crippen LogP contribution < -0.4 is 20.5 Å². The van der Waals surface area contributed by atoms with Crippen LogP contribution in [-0.4, -0.2) is 38.5 Å². The smallest absolute Gasteiger partial charge is 0.342 e. The molecular formula is C23H24N4O6S. The Morgan fingerprint density at radius 3 is 2.38 bits per heavy atom. The fraction of sp³-hybridized carbons (Fsp3) is 0.174. The number of nitrogens with one attached hydrogen (secondary N) is 2. The second-order valence-electron chi connectivity index (χ2n) is 7.02. The average Bonchev–Trinajstić information content (AvgIpc) is 2.82. The van der Waals surface area contributed by atoms with E-state index < -0.39 is 28.5 Å². The number of amides is 1. The third-order valence-electron chi connectivity index (χ3n) is 4.53. The van der Waals surface area contributed by atoms with Crippen molar-refractivity contribution in [1.82, 2.24) is 10.3 Å². The van der Waals surface area contributed by atoms with Crippen molar-refractivity contribution in [2.45, 2.75) is 18.4 Å². The van der Waals surface area contributed by atoms with Crippen molar-refractivity contribution in [2.24, 2.45) is 5.14 Å². The zero-order valence-corrected chi connectivity index (χ0v) is 19.2. The van der Waals surface area contributed by atoms with Crippen LogP contribution in [0, 0.1) is 0 Å². The summed E-state index contributed by atoms with van der Waals surface area (Å²) in [6, 6.07) is 16.0. The number of nitrogens with zero attached hydrogens (tertiary/aromatic N) is 1. The maximum Gasteiger partial charge on any atom is 0.342 e. The molecule has 0 fully saturated rings. The molecule has 0 spiro atoms. The molecule has 2 aromatic carbocycles. The van der Waals surface area contributed by atoms with Crippen LogP contribution in [0.4, 0.5) is 11.5 Å². The maximum atomic E-state index is 12.5. The Labute approximate surface area is 197 Å². The highest BCUT2D eigenvalue weighted by atomic mass is 32.2. The predicted octanol–water partition coefficient (Wildman–Crippen LogP) is 2.34. The molecule has 1 aromatic heterocycles. The minimum absolute atomic E-state index is 0.0253. The first kappa shape index (κ1) is 24.7. The van der Waals surface area contributed by atoms with E-state index in [9.17, 15) is 18.0 Å². The van der Waals surface area contributed by atoms with Gasteiger partial charge in [-0.1, -0.05) is 12.1 Å². The summed E-state index contributed by atoms with van der Waals surface area (Å²) in [5.41, 5.74) is 1.52. The highest BCUT2D eigenvalue weighted by molar-refractivity contribution is 7.89. The third-order valence-corrected chi connectivity index (χ3v) is 5.46. The maximum absolute atomic E-state index is 12.5. The Balaban J connectivity index is 1.54. The molecule has 34 heavy (non-hydrogen) atoms. The summed E-state index contributed by atoms with van der Waals surface area (Å²) in [5, 5.41) is 10.7. The van der Waals surface area contributed by atoms with Gasteiger partial charge in [0.05, 0.1) is 11.5 Å². The summed E-state index contributed by atoms with van der Waals surface area (Å²) >= 11 is 0. The lowest BCUT2D eigenvalue weighted by Crippen LogP contribution is -2.28. The number of aromatic nitrogens is 1. The van der Waals surface area contributed by atoms with Gasteiger partial charge in [0.1, 0.15) is 17.1 Å². The van der Waals surface area contributed by atoms with Gasteiger partial charge in [0.15, 0.2) is 6.61 Å². The van der Waals surface area contributed by atoms with Crippen LogP contribution in [0.2, 0.25) is 0 Å². The summed E-state index contributed by atoms with van der Waals surface area (Å²) in [7, 11) is -3.78. The van der Waals surface area contributed by atoms with Crippen LogP contribution in [0.3, 0.4) is 0 Å². The summed E-state index contributed by atoms with van der Waals surface area (Å²) in [5.74, 6) is -0.227. The number of carbonyl (C=O) groups is 2. The molecule has 1 amide bonds. The number of sulfonamides is 1. The van der Waals surface area contributed by atoms with E-state index in [2.05, 4.69) is 15.6 Å².